The number of carbonyl (C=O) groups excluding carboxylic acids is 1. The summed E-state index contributed by atoms with van der Waals surface area (Å²) in [6, 6.07) is 6.93. The molecule has 0 saturated carbocycles. The predicted octanol–water partition coefficient (Wildman–Crippen LogP) is 1.34. The van der Waals surface area contributed by atoms with Crippen molar-refractivity contribution in [3.8, 4) is 5.75 Å². The normalized spacial score (nSPS) is 11.2. The van der Waals surface area contributed by atoms with Gasteiger partial charge in [0.05, 0.1) is 26.1 Å². The Hall–Kier alpha value is -1.69. The van der Waals surface area contributed by atoms with Gasteiger partial charge in [0.1, 0.15) is 5.75 Å². The molecule has 0 aliphatic heterocycles. The molecule has 1 aromatic rings. The minimum Gasteiger partial charge on any atom is -0.494 e. The van der Waals surface area contributed by atoms with Gasteiger partial charge in [-0.2, -0.15) is 0 Å². The van der Waals surface area contributed by atoms with E-state index in [1.165, 1.54) is 0 Å². The number of amides is 1. The maximum absolute atomic E-state index is 12.8. The fraction of sp³-hybridized carbons (Fsp3) is 0.462. The lowest BCUT2D eigenvalue weighted by molar-refractivity contribution is -0.122. The average Bonchev–Trinajstić information content (AvgIpc) is 2.39. The lowest BCUT2D eigenvalue weighted by Gasteiger charge is -2.14. The van der Waals surface area contributed by atoms with E-state index in [0.717, 1.165) is 5.56 Å². The second-order valence-corrected chi connectivity index (χ2v) is 4.09. The molecule has 0 aromatic heterocycles. The molecule has 0 heterocycles. The molecular formula is C13H18F2N2O2. The van der Waals surface area contributed by atoms with Gasteiger partial charge in [0, 0.05) is 0 Å². The number of hydrogen-bond donors (Lipinski definition) is 2. The zero-order chi connectivity index (χ0) is 14.3. The highest BCUT2D eigenvalue weighted by atomic mass is 19.3. The monoisotopic (exact) mass is 272 g/mol. The molecule has 1 amide bonds. The largest absolute Gasteiger partial charge is 0.494 e. The summed E-state index contributed by atoms with van der Waals surface area (Å²) in [6.07, 6.45) is 0.0487. The number of nitrogens with one attached hydrogen (secondary N) is 1. The summed E-state index contributed by atoms with van der Waals surface area (Å²) in [6.45, 7) is 0.919. The molecule has 1 aromatic carbocycles. The smallest absolute Gasteiger partial charge is 0.277 e. The fourth-order valence-electron chi connectivity index (χ4n) is 1.42. The van der Waals surface area contributed by atoms with Gasteiger partial charge in [-0.15, -0.1) is 0 Å². The Labute approximate surface area is 110 Å². The van der Waals surface area contributed by atoms with Crippen LogP contribution in [0, 0.1) is 0 Å². The second-order valence-electron chi connectivity index (χ2n) is 4.09. The Morgan fingerprint density at radius 3 is 2.53 bits per heavy atom. The summed E-state index contributed by atoms with van der Waals surface area (Å²) >= 11 is 0. The van der Waals surface area contributed by atoms with E-state index in [4.69, 9.17) is 10.5 Å². The minimum atomic E-state index is -3.06. The average molecular weight is 272 g/mol. The summed E-state index contributed by atoms with van der Waals surface area (Å²) in [5.74, 6) is -2.81. The highest BCUT2D eigenvalue weighted by molar-refractivity contribution is 5.78. The molecule has 19 heavy (non-hydrogen) atoms. The zero-order valence-electron chi connectivity index (χ0n) is 10.8. The number of carbonyl (C=O) groups is 1. The van der Waals surface area contributed by atoms with Crippen molar-refractivity contribution >= 4 is 5.91 Å². The van der Waals surface area contributed by atoms with E-state index in [1.54, 1.807) is 24.3 Å². The first-order valence-corrected chi connectivity index (χ1v) is 6.03. The van der Waals surface area contributed by atoms with E-state index in [1.807, 2.05) is 6.92 Å². The highest BCUT2D eigenvalue weighted by Crippen LogP contribution is 2.13. The quantitative estimate of drug-likeness (QED) is 0.787. The van der Waals surface area contributed by atoms with Crippen LogP contribution in [-0.4, -0.2) is 31.5 Å². The topological polar surface area (TPSA) is 64.3 Å². The van der Waals surface area contributed by atoms with Crippen LogP contribution >= 0.6 is 0 Å². The first-order valence-electron chi connectivity index (χ1n) is 6.03. The Morgan fingerprint density at radius 2 is 2.00 bits per heavy atom. The van der Waals surface area contributed by atoms with Gasteiger partial charge in [-0.1, -0.05) is 12.1 Å². The first kappa shape index (κ1) is 15.4. The summed E-state index contributed by atoms with van der Waals surface area (Å²) in [7, 11) is 0. The summed E-state index contributed by atoms with van der Waals surface area (Å²) in [4.78, 5) is 11.5. The number of rotatable bonds is 7. The van der Waals surface area contributed by atoms with Gasteiger partial charge in [-0.05, 0) is 24.6 Å². The van der Waals surface area contributed by atoms with Crippen molar-refractivity contribution in [2.45, 2.75) is 19.3 Å². The molecule has 0 radical (unpaired) electrons. The third-order valence-electron chi connectivity index (χ3n) is 2.44. The molecule has 0 aliphatic carbocycles. The van der Waals surface area contributed by atoms with Crippen LogP contribution in [-0.2, 0) is 11.2 Å². The molecule has 0 bridgehead atoms. The number of alkyl halides is 2. The summed E-state index contributed by atoms with van der Waals surface area (Å²) in [5, 5.41) is 2.16. The van der Waals surface area contributed by atoms with Crippen molar-refractivity contribution < 1.29 is 18.3 Å². The van der Waals surface area contributed by atoms with E-state index in [-0.39, 0.29) is 6.42 Å². The van der Waals surface area contributed by atoms with E-state index in [9.17, 15) is 13.6 Å². The molecule has 0 spiro atoms. The Kier molecular flexibility index (Phi) is 5.69. The van der Waals surface area contributed by atoms with Crippen LogP contribution in [0.2, 0.25) is 0 Å². The van der Waals surface area contributed by atoms with Gasteiger partial charge in [-0.25, -0.2) is 8.78 Å². The second kappa shape index (κ2) is 7.04. The number of benzene rings is 1. The van der Waals surface area contributed by atoms with Crippen LogP contribution in [0.5, 0.6) is 5.75 Å². The van der Waals surface area contributed by atoms with Gasteiger partial charge in [-0.3, -0.25) is 4.79 Å². The lowest BCUT2D eigenvalue weighted by atomic mass is 10.1. The number of hydrogen-bond acceptors (Lipinski definition) is 3. The molecule has 106 valence electrons. The fourth-order valence-corrected chi connectivity index (χ4v) is 1.42. The van der Waals surface area contributed by atoms with Gasteiger partial charge < -0.3 is 15.8 Å². The Bertz CT molecular complexity index is 408. The van der Waals surface area contributed by atoms with Crippen molar-refractivity contribution in [2.75, 3.05) is 19.7 Å². The lowest BCUT2D eigenvalue weighted by Crippen LogP contribution is -2.42. The van der Waals surface area contributed by atoms with Crippen molar-refractivity contribution in [2.24, 2.45) is 5.73 Å². The maximum Gasteiger partial charge on any atom is 0.277 e. The van der Waals surface area contributed by atoms with Crippen LogP contribution < -0.4 is 15.8 Å². The summed E-state index contributed by atoms with van der Waals surface area (Å²) < 4.78 is 30.9. The maximum atomic E-state index is 12.8. The molecule has 0 saturated heterocycles. The molecule has 1 rings (SSSR count). The SMILES string of the molecule is CCOc1ccc(CC(=O)NCC(F)(F)CN)cc1. The summed E-state index contributed by atoms with van der Waals surface area (Å²) in [5.41, 5.74) is 5.61. The van der Waals surface area contributed by atoms with Crippen LogP contribution in [0.25, 0.3) is 0 Å². The number of halogens is 2. The van der Waals surface area contributed by atoms with E-state index >= 15 is 0 Å². The van der Waals surface area contributed by atoms with Crippen molar-refractivity contribution in [3.05, 3.63) is 29.8 Å². The third-order valence-corrected chi connectivity index (χ3v) is 2.44. The molecule has 0 fully saturated rings. The van der Waals surface area contributed by atoms with Crippen molar-refractivity contribution in [3.63, 3.8) is 0 Å². The zero-order valence-corrected chi connectivity index (χ0v) is 10.8. The van der Waals surface area contributed by atoms with E-state index in [2.05, 4.69) is 5.32 Å². The molecule has 0 unspecified atom stereocenters. The van der Waals surface area contributed by atoms with Crippen LogP contribution in [0.3, 0.4) is 0 Å². The van der Waals surface area contributed by atoms with E-state index < -0.39 is 24.9 Å². The standard InChI is InChI=1S/C13H18F2N2O2/c1-2-19-11-5-3-10(4-6-11)7-12(18)17-9-13(14,15)8-16/h3-6H,2,7-9,16H2,1H3,(H,17,18). The highest BCUT2D eigenvalue weighted by Gasteiger charge is 2.26. The molecule has 6 heteroatoms. The van der Waals surface area contributed by atoms with Gasteiger partial charge >= 0.3 is 0 Å². The molecule has 4 nitrogen and oxygen atoms in total. The number of nitrogens with two attached hydrogens (primary N) is 1. The molecular weight excluding hydrogens is 254 g/mol. The molecule has 3 N–H and O–H groups in total. The van der Waals surface area contributed by atoms with Crippen molar-refractivity contribution in [1.82, 2.24) is 5.32 Å². The number of ether oxygens (including phenoxy) is 1. The van der Waals surface area contributed by atoms with Crippen molar-refractivity contribution in [1.29, 1.82) is 0 Å². The van der Waals surface area contributed by atoms with Crippen LogP contribution in [0.15, 0.2) is 24.3 Å². The minimum absolute atomic E-state index is 0.0487. The van der Waals surface area contributed by atoms with E-state index in [0.29, 0.717) is 12.4 Å². The van der Waals surface area contributed by atoms with Gasteiger partial charge in [0.15, 0.2) is 0 Å². The van der Waals surface area contributed by atoms with Crippen LogP contribution in [0.4, 0.5) is 8.78 Å². The first-order chi connectivity index (χ1) is 8.96. The Balaban J connectivity index is 2.44. The van der Waals surface area contributed by atoms with Gasteiger partial charge in [0.25, 0.3) is 5.92 Å². The van der Waals surface area contributed by atoms with Gasteiger partial charge in [0.2, 0.25) is 5.91 Å². The Morgan fingerprint density at radius 1 is 1.37 bits per heavy atom. The predicted molar refractivity (Wildman–Crippen MR) is 68.3 cm³/mol. The molecule has 0 aliphatic rings. The third kappa shape index (κ3) is 5.65. The molecule has 0 atom stereocenters. The van der Waals surface area contributed by atoms with Crippen LogP contribution in [0.1, 0.15) is 12.5 Å².